The van der Waals surface area contributed by atoms with Crippen LogP contribution in [0, 0.1) is 0 Å². The Morgan fingerprint density at radius 1 is 1.23 bits per heavy atom. The molecule has 3 heterocycles. The van der Waals surface area contributed by atoms with Gasteiger partial charge in [0.1, 0.15) is 0 Å². The normalized spacial score (nSPS) is 29.7. The van der Waals surface area contributed by atoms with Crippen LogP contribution in [-0.4, -0.2) is 46.7 Å². The molecule has 118 valence electrons. The van der Waals surface area contributed by atoms with E-state index < -0.39 is 11.8 Å². The van der Waals surface area contributed by atoms with Crippen molar-refractivity contribution in [2.45, 2.75) is 43.0 Å². The zero-order valence-corrected chi connectivity index (χ0v) is 12.7. The lowest BCUT2D eigenvalue weighted by Crippen LogP contribution is -2.36. The van der Waals surface area contributed by atoms with E-state index in [1.54, 1.807) is 0 Å². The smallest absolute Gasteiger partial charge is 0.315 e. The Morgan fingerprint density at radius 2 is 2.05 bits per heavy atom. The molecular formula is C14H17N3O4S. The largest absolute Gasteiger partial charge is 0.332 e. The Hall–Kier alpha value is -1.83. The summed E-state index contributed by atoms with van der Waals surface area (Å²) < 4.78 is 0. The third-order valence-corrected chi connectivity index (χ3v) is 5.65. The molecule has 3 aliphatic heterocycles. The first-order valence-electron chi connectivity index (χ1n) is 7.33. The van der Waals surface area contributed by atoms with Gasteiger partial charge in [0.15, 0.2) is 5.78 Å². The number of urea groups is 1. The summed E-state index contributed by atoms with van der Waals surface area (Å²) in [4.78, 5) is 45.5. The summed E-state index contributed by atoms with van der Waals surface area (Å²) in [5.74, 6) is -0.478. The Morgan fingerprint density at radius 3 is 2.77 bits per heavy atom. The molecule has 3 rings (SSSR count). The van der Waals surface area contributed by atoms with E-state index in [1.807, 2.05) is 11.8 Å². The van der Waals surface area contributed by atoms with Crippen molar-refractivity contribution in [2.75, 3.05) is 5.75 Å². The summed E-state index contributed by atoms with van der Waals surface area (Å²) in [5.41, 5.74) is -0.0347. The molecule has 0 radical (unpaired) electrons. The van der Waals surface area contributed by atoms with Crippen LogP contribution < -0.4 is 16.0 Å². The molecule has 3 N–H and O–H groups in total. The van der Waals surface area contributed by atoms with Gasteiger partial charge in [-0.2, -0.15) is 11.8 Å². The van der Waals surface area contributed by atoms with E-state index in [0.29, 0.717) is 11.7 Å². The van der Waals surface area contributed by atoms with Gasteiger partial charge in [0.05, 0.1) is 17.7 Å². The molecule has 0 aliphatic carbocycles. The number of hydrogen-bond donors (Lipinski definition) is 3. The molecular weight excluding hydrogens is 306 g/mol. The average molecular weight is 323 g/mol. The maximum Gasteiger partial charge on any atom is 0.315 e. The molecule has 0 unspecified atom stereocenters. The lowest BCUT2D eigenvalue weighted by molar-refractivity contribution is -0.125. The van der Waals surface area contributed by atoms with E-state index in [-0.39, 0.29) is 35.9 Å². The van der Waals surface area contributed by atoms with Crippen LogP contribution in [-0.2, 0) is 14.4 Å². The van der Waals surface area contributed by atoms with E-state index >= 15 is 0 Å². The number of carbonyl (C=O) groups excluding carboxylic acids is 4. The number of Topliss-reactive ketones (excluding diaryl/α,β-unsaturated/α-hetero) is 1. The van der Waals surface area contributed by atoms with Gasteiger partial charge in [-0.25, -0.2) is 4.79 Å². The highest BCUT2D eigenvalue weighted by Crippen LogP contribution is 2.33. The number of thioether (sulfide) groups is 1. The summed E-state index contributed by atoms with van der Waals surface area (Å²) in [6.45, 7) is 0. The minimum atomic E-state index is -0.594. The first-order chi connectivity index (χ1) is 10.5. The molecule has 0 saturated carbocycles. The van der Waals surface area contributed by atoms with Gasteiger partial charge in [0, 0.05) is 23.5 Å². The van der Waals surface area contributed by atoms with Crippen molar-refractivity contribution in [3.8, 4) is 0 Å². The molecule has 0 spiro atoms. The molecule has 7 nitrogen and oxygen atoms in total. The molecule has 22 heavy (non-hydrogen) atoms. The van der Waals surface area contributed by atoms with Gasteiger partial charge in [-0.3, -0.25) is 19.7 Å². The van der Waals surface area contributed by atoms with Crippen LogP contribution in [0.5, 0.6) is 0 Å². The van der Waals surface area contributed by atoms with Crippen molar-refractivity contribution in [1.29, 1.82) is 0 Å². The number of unbranched alkanes of at least 4 members (excludes halogenated alkanes) is 1. The highest BCUT2D eigenvalue weighted by Gasteiger charge is 2.42. The second-order valence-electron chi connectivity index (χ2n) is 5.67. The highest BCUT2D eigenvalue weighted by atomic mass is 32.2. The minimum absolute atomic E-state index is 0.0347. The zero-order chi connectivity index (χ0) is 15.7. The van der Waals surface area contributed by atoms with Gasteiger partial charge in [-0.15, -0.1) is 0 Å². The Kier molecular flexibility index (Phi) is 4.19. The fourth-order valence-electron chi connectivity index (χ4n) is 3.03. The van der Waals surface area contributed by atoms with Crippen LogP contribution in [0.15, 0.2) is 11.6 Å². The standard InChI is InChI=1S/C14H17N3O4S/c18-9(7-5-11(19)16-13(7)20)3-1-2-4-10-12-8(6-22-10)15-14(21)17-12/h5,8,10,12H,1-4,6H2,(H2,15,17,21)(H,16,19,20)/t8-,10-,12-/m0/s1. The number of ketones is 1. The summed E-state index contributed by atoms with van der Waals surface area (Å²) in [6.07, 6.45) is 3.79. The Labute approximate surface area is 131 Å². The van der Waals surface area contributed by atoms with Crippen LogP contribution in [0.1, 0.15) is 25.7 Å². The fourth-order valence-corrected chi connectivity index (χ4v) is 4.57. The zero-order valence-electron chi connectivity index (χ0n) is 11.9. The van der Waals surface area contributed by atoms with Crippen molar-refractivity contribution in [3.05, 3.63) is 11.6 Å². The predicted octanol–water partition coefficient (Wildman–Crippen LogP) is -0.136. The predicted molar refractivity (Wildman–Crippen MR) is 80.2 cm³/mol. The van der Waals surface area contributed by atoms with E-state index in [4.69, 9.17) is 0 Å². The van der Waals surface area contributed by atoms with E-state index in [9.17, 15) is 19.2 Å². The lowest BCUT2D eigenvalue weighted by atomic mass is 10.0. The first-order valence-corrected chi connectivity index (χ1v) is 8.38. The quantitative estimate of drug-likeness (QED) is 0.273. The van der Waals surface area contributed by atoms with Crippen molar-refractivity contribution < 1.29 is 19.2 Å². The minimum Gasteiger partial charge on any atom is -0.332 e. The SMILES string of the molecule is O=C1C=C(C(=O)CCCC[C@@H]2SC[C@@H]3NC(=O)N[C@@H]32)C(=O)N1. The van der Waals surface area contributed by atoms with Crippen molar-refractivity contribution >= 4 is 35.4 Å². The molecule has 3 aliphatic rings. The Balaban J connectivity index is 1.40. The topological polar surface area (TPSA) is 104 Å². The van der Waals surface area contributed by atoms with Gasteiger partial charge in [0.25, 0.3) is 11.8 Å². The number of rotatable bonds is 6. The second-order valence-corrected chi connectivity index (χ2v) is 6.94. The number of hydrogen-bond acceptors (Lipinski definition) is 5. The molecule has 0 aromatic carbocycles. The van der Waals surface area contributed by atoms with Crippen LogP contribution >= 0.6 is 11.8 Å². The fraction of sp³-hybridized carbons (Fsp3) is 0.571. The molecule has 0 bridgehead atoms. The molecule has 2 fully saturated rings. The maximum absolute atomic E-state index is 11.9. The summed E-state index contributed by atoms with van der Waals surface area (Å²) >= 11 is 1.84. The lowest BCUT2D eigenvalue weighted by Gasteiger charge is -2.16. The van der Waals surface area contributed by atoms with Crippen molar-refractivity contribution in [2.24, 2.45) is 0 Å². The number of fused-ring (bicyclic) bond motifs is 1. The summed E-state index contributed by atoms with van der Waals surface area (Å²) in [5, 5.41) is 8.27. The average Bonchev–Trinajstić information content (AvgIpc) is 3.09. The third kappa shape index (κ3) is 3.01. The third-order valence-electron chi connectivity index (χ3n) is 4.14. The second kappa shape index (κ2) is 6.12. The maximum atomic E-state index is 11.9. The van der Waals surface area contributed by atoms with Crippen LogP contribution in [0.4, 0.5) is 4.79 Å². The van der Waals surface area contributed by atoms with Gasteiger partial charge in [0.2, 0.25) is 0 Å². The summed E-state index contributed by atoms with van der Waals surface area (Å²) in [7, 11) is 0. The summed E-state index contributed by atoms with van der Waals surface area (Å²) in [6, 6.07) is 0.288. The Bertz CT molecular complexity index is 574. The molecule has 4 amide bonds. The highest BCUT2D eigenvalue weighted by molar-refractivity contribution is 8.00. The number of carbonyl (C=O) groups is 4. The number of nitrogens with one attached hydrogen (secondary N) is 3. The van der Waals surface area contributed by atoms with Crippen molar-refractivity contribution in [3.63, 3.8) is 0 Å². The molecule has 0 aromatic heterocycles. The van der Waals surface area contributed by atoms with Gasteiger partial charge in [-0.05, 0) is 12.8 Å². The van der Waals surface area contributed by atoms with E-state index in [1.165, 1.54) is 0 Å². The van der Waals surface area contributed by atoms with Crippen molar-refractivity contribution in [1.82, 2.24) is 16.0 Å². The van der Waals surface area contributed by atoms with E-state index in [0.717, 1.165) is 24.7 Å². The van der Waals surface area contributed by atoms with Crippen LogP contribution in [0.2, 0.25) is 0 Å². The number of amides is 4. The van der Waals surface area contributed by atoms with E-state index in [2.05, 4.69) is 16.0 Å². The monoisotopic (exact) mass is 323 g/mol. The molecule has 3 atom stereocenters. The molecule has 0 aromatic rings. The molecule has 8 heteroatoms. The first kappa shape index (κ1) is 15.1. The van der Waals surface area contributed by atoms with Crippen LogP contribution in [0.3, 0.4) is 0 Å². The van der Waals surface area contributed by atoms with Gasteiger partial charge >= 0.3 is 6.03 Å². The van der Waals surface area contributed by atoms with Gasteiger partial charge < -0.3 is 10.6 Å². The van der Waals surface area contributed by atoms with Crippen LogP contribution in [0.25, 0.3) is 0 Å². The number of imide groups is 1. The van der Waals surface area contributed by atoms with Gasteiger partial charge in [-0.1, -0.05) is 6.42 Å². The molecule has 2 saturated heterocycles.